The van der Waals surface area contributed by atoms with E-state index in [0.717, 1.165) is 32.5 Å². The van der Waals surface area contributed by atoms with E-state index in [2.05, 4.69) is 11.7 Å². The van der Waals surface area contributed by atoms with Gasteiger partial charge in [-0.15, -0.1) is 0 Å². The summed E-state index contributed by atoms with van der Waals surface area (Å²) in [7, 11) is 0. The molecule has 0 spiro atoms. The molecule has 11 heavy (non-hydrogen) atoms. The average Bonchev–Trinajstić information content (AvgIpc) is 2.03. The van der Waals surface area contributed by atoms with Crippen LogP contribution in [0.3, 0.4) is 0 Å². The summed E-state index contributed by atoms with van der Waals surface area (Å²) >= 11 is 0. The minimum Gasteiger partial charge on any atom is -0.381 e. The molecule has 0 N–H and O–H groups in total. The predicted octanol–water partition coefficient (Wildman–Crippen LogP) is 1.60. The van der Waals surface area contributed by atoms with E-state index in [-0.39, 0.29) is 0 Å². The van der Waals surface area contributed by atoms with Crippen LogP contribution < -0.4 is 0 Å². The average molecular weight is 161 g/mol. The summed E-state index contributed by atoms with van der Waals surface area (Å²) in [5.74, 6) is 0. The summed E-state index contributed by atoms with van der Waals surface area (Å²) in [6, 6.07) is 0. The van der Waals surface area contributed by atoms with Crippen molar-refractivity contribution in [2.45, 2.75) is 26.2 Å². The highest BCUT2D eigenvalue weighted by atomic mass is 16.6. The van der Waals surface area contributed by atoms with Gasteiger partial charge in [0, 0.05) is 19.8 Å². The summed E-state index contributed by atoms with van der Waals surface area (Å²) < 4.78 is 9.86. The Balaban J connectivity index is 2.69. The monoisotopic (exact) mass is 161 g/mol. The van der Waals surface area contributed by atoms with Crippen LogP contribution in [-0.2, 0) is 14.6 Å². The van der Waals surface area contributed by atoms with E-state index >= 15 is 0 Å². The zero-order valence-electron chi connectivity index (χ0n) is 7.17. The van der Waals surface area contributed by atoms with Crippen LogP contribution in [0.5, 0.6) is 0 Å². The van der Waals surface area contributed by atoms with Gasteiger partial charge in [0.25, 0.3) is 0 Å². The molecule has 0 aliphatic rings. The highest BCUT2D eigenvalue weighted by molar-refractivity contribution is 4.36. The van der Waals surface area contributed by atoms with Crippen molar-refractivity contribution >= 4 is 0 Å². The molecule has 0 aromatic rings. The molecule has 67 valence electrons. The van der Waals surface area contributed by atoms with Crippen LogP contribution in [0.15, 0.2) is 0 Å². The van der Waals surface area contributed by atoms with E-state index in [4.69, 9.17) is 4.74 Å². The Kier molecular flexibility index (Phi) is 9.77. The van der Waals surface area contributed by atoms with Gasteiger partial charge in [-0.3, -0.25) is 0 Å². The minimum absolute atomic E-state index is 0.421. The van der Waals surface area contributed by atoms with Crippen LogP contribution in [0, 0.1) is 0 Å². The highest BCUT2D eigenvalue weighted by Gasteiger charge is 1.88. The standard InChI is InChI=1S/C8H17O3/c1-2-5-10-6-3-4-7-11-8-9/h2-8H2,1H3. The van der Waals surface area contributed by atoms with Gasteiger partial charge >= 0.3 is 0 Å². The van der Waals surface area contributed by atoms with Gasteiger partial charge in [-0.05, 0) is 19.3 Å². The number of rotatable bonds is 8. The molecule has 0 atom stereocenters. The first-order valence-corrected chi connectivity index (χ1v) is 4.15. The third-order valence-electron chi connectivity index (χ3n) is 1.26. The summed E-state index contributed by atoms with van der Waals surface area (Å²) in [5.41, 5.74) is 0. The molecule has 3 heteroatoms. The van der Waals surface area contributed by atoms with Crippen molar-refractivity contribution in [3.05, 3.63) is 0 Å². The summed E-state index contributed by atoms with van der Waals surface area (Å²) in [5, 5.41) is 9.81. The van der Waals surface area contributed by atoms with Crippen LogP contribution in [-0.4, -0.2) is 26.6 Å². The van der Waals surface area contributed by atoms with Gasteiger partial charge in [0.15, 0.2) is 6.79 Å². The van der Waals surface area contributed by atoms with Crippen LogP contribution in [0.25, 0.3) is 0 Å². The molecule has 0 heterocycles. The Hall–Kier alpha value is -0.120. The maximum absolute atomic E-state index is 9.81. The maximum Gasteiger partial charge on any atom is 0.180 e. The van der Waals surface area contributed by atoms with E-state index in [1.165, 1.54) is 0 Å². The SMILES string of the molecule is CCCOCCCCOC[O]. The van der Waals surface area contributed by atoms with Gasteiger partial charge in [-0.25, -0.2) is 5.11 Å². The molecule has 0 aromatic heterocycles. The van der Waals surface area contributed by atoms with E-state index in [1.54, 1.807) is 0 Å². The first-order chi connectivity index (χ1) is 5.41. The van der Waals surface area contributed by atoms with E-state index in [9.17, 15) is 5.11 Å². The van der Waals surface area contributed by atoms with Crippen molar-refractivity contribution in [1.29, 1.82) is 0 Å². The van der Waals surface area contributed by atoms with E-state index < -0.39 is 6.79 Å². The van der Waals surface area contributed by atoms with Crippen LogP contribution in [0.2, 0.25) is 0 Å². The molecule has 0 aliphatic carbocycles. The molecular formula is C8H17O3. The second-order valence-electron chi connectivity index (χ2n) is 2.35. The molecule has 0 unspecified atom stereocenters. The fraction of sp³-hybridized carbons (Fsp3) is 1.00. The van der Waals surface area contributed by atoms with Gasteiger partial charge in [0.2, 0.25) is 0 Å². The van der Waals surface area contributed by atoms with Gasteiger partial charge in [0.1, 0.15) is 0 Å². The molecule has 1 radical (unpaired) electrons. The van der Waals surface area contributed by atoms with Crippen LogP contribution in [0.1, 0.15) is 26.2 Å². The molecule has 3 nitrogen and oxygen atoms in total. The summed E-state index contributed by atoms with van der Waals surface area (Å²) in [6.07, 6.45) is 2.98. The second-order valence-corrected chi connectivity index (χ2v) is 2.35. The third kappa shape index (κ3) is 9.88. The van der Waals surface area contributed by atoms with Crippen molar-refractivity contribution in [1.82, 2.24) is 0 Å². The van der Waals surface area contributed by atoms with Crippen molar-refractivity contribution in [3.63, 3.8) is 0 Å². The molecule has 0 bridgehead atoms. The van der Waals surface area contributed by atoms with Crippen molar-refractivity contribution in [2.24, 2.45) is 0 Å². The number of hydrogen-bond acceptors (Lipinski definition) is 2. The van der Waals surface area contributed by atoms with Crippen molar-refractivity contribution in [2.75, 3.05) is 26.6 Å². The van der Waals surface area contributed by atoms with E-state index in [0.29, 0.717) is 6.61 Å². The largest absolute Gasteiger partial charge is 0.381 e. The molecule has 0 saturated heterocycles. The van der Waals surface area contributed by atoms with Crippen molar-refractivity contribution < 1.29 is 14.6 Å². The molecule has 0 saturated carbocycles. The highest BCUT2D eigenvalue weighted by Crippen LogP contribution is 1.91. The molecule has 0 aliphatic heterocycles. The Morgan fingerprint density at radius 1 is 1.00 bits per heavy atom. The summed E-state index contributed by atoms with van der Waals surface area (Å²) in [6.45, 7) is 3.85. The lowest BCUT2D eigenvalue weighted by atomic mass is 10.3. The molecule has 0 amide bonds. The zero-order valence-corrected chi connectivity index (χ0v) is 7.17. The normalized spacial score (nSPS) is 10.4. The number of hydrogen-bond donors (Lipinski definition) is 0. The van der Waals surface area contributed by atoms with Gasteiger partial charge < -0.3 is 9.47 Å². The van der Waals surface area contributed by atoms with Gasteiger partial charge in [0.05, 0.1) is 0 Å². The van der Waals surface area contributed by atoms with Crippen molar-refractivity contribution in [3.8, 4) is 0 Å². The zero-order chi connectivity index (χ0) is 8.36. The first kappa shape index (κ1) is 10.9. The molecule has 0 aromatic carbocycles. The fourth-order valence-corrected chi connectivity index (χ4v) is 0.714. The molecular weight excluding hydrogens is 144 g/mol. The maximum atomic E-state index is 9.81. The lowest BCUT2D eigenvalue weighted by Crippen LogP contribution is -1.99. The van der Waals surface area contributed by atoms with Gasteiger partial charge in [-0.2, -0.15) is 0 Å². The third-order valence-corrected chi connectivity index (χ3v) is 1.26. The van der Waals surface area contributed by atoms with Gasteiger partial charge in [-0.1, -0.05) is 6.92 Å². The number of ether oxygens (including phenoxy) is 2. The van der Waals surface area contributed by atoms with Crippen LogP contribution >= 0.6 is 0 Å². The Morgan fingerprint density at radius 3 is 2.18 bits per heavy atom. The lowest BCUT2D eigenvalue weighted by molar-refractivity contribution is -0.0458. The minimum atomic E-state index is -0.421. The second kappa shape index (κ2) is 9.88. The Morgan fingerprint density at radius 2 is 1.64 bits per heavy atom. The quantitative estimate of drug-likeness (QED) is 0.400. The lowest BCUT2D eigenvalue weighted by Gasteiger charge is -2.01. The first-order valence-electron chi connectivity index (χ1n) is 4.15. The predicted molar refractivity (Wildman–Crippen MR) is 41.8 cm³/mol. The molecule has 0 rings (SSSR count). The summed E-state index contributed by atoms with van der Waals surface area (Å²) in [4.78, 5) is 0. The Labute approximate surface area is 68.3 Å². The molecule has 0 fully saturated rings. The number of unbranched alkanes of at least 4 members (excludes halogenated alkanes) is 1. The Bertz CT molecular complexity index is 58.4. The topological polar surface area (TPSA) is 38.4 Å². The smallest absolute Gasteiger partial charge is 0.180 e. The van der Waals surface area contributed by atoms with E-state index in [1.807, 2.05) is 0 Å². The van der Waals surface area contributed by atoms with Crippen LogP contribution in [0.4, 0.5) is 0 Å². The fourth-order valence-electron chi connectivity index (χ4n) is 0.714.